The molecule has 1 heterocycles. The van der Waals surface area contributed by atoms with Crippen LogP contribution in [0.15, 0.2) is 24.3 Å². The van der Waals surface area contributed by atoms with E-state index in [1.165, 1.54) is 0 Å². The normalized spacial score (nSPS) is 11.2. The number of rotatable bonds is 10. The van der Waals surface area contributed by atoms with Gasteiger partial charge in [-0.05, 0) is 39.0 Å². The second-order valence-electron chi connectivity index (χ2n) is 6.30. The van der Waals surface area contributed by atoms with Crippen LogP contribution in [-0.2, 0) is 17.8 Å². The lowest BCUT2D eigenvalue weighted by molar-refractivity contribution is -0.120. The molecule has 1 amide bonds. The zero-order valence-electron chi connectivity index (χ0n) is 15.9. The Hall–Kier alpha value is -2.34. The molecule has 0 spiro atoms. The molecule has 0 aliphatic carbocycles. The number of carbonyl (C=O) groups is 2. The van der Waals surface area contributed by atoms with Gasteiger partial charge in [-0.1, -0.05) is 32.0 Å². The summed E-state index contributed by atoms with van der Waals surface area (Å²) in [5, 5.41) is 13.4. The first-order valence-electron chi connectivity index (χ1n) is 9.35. The van der Waals surface area contributed by atoms with Crippen LogP contribution in [0.3, 0.4) is 0 Å². The van der Waals surface area contributed by atoms with Crippen molar-refractivity contribution in [1.29, 1.82) is 0 Å². The van der Waals surface area contributed by atoms with Crippen molar-refractivity contribution in [3.8, 4) is 0 Å². The van der Waals surface area contributed by atoms with E-state index in [-0.39, 0.29) is 18.0 Å². The third-order valence-corrected chi connectivity index (χ3v) is 4.80. The van der Waals surface area contributed by atoms with Crippen LogP contribution in [0.25, 0.3) is 10.9 Å². The number of para-hydroxylation sites is 1. The van der Waals surface area contributed by atoms with Crippen LogP contribution in [0.1, 0.15) is 43.2 Å². The van der Waals surface area contributed by atoms with Gasteiger partial charge in [-0.3, -0.25) is 4.79 Å². The molecule has 0 atom stereocenters. The first kappa shape index (κ1) is 20.0. The number of aromatic nitrogens is 1. The van der Waals surface area contributed by atoms with E-state index in [9.17, 15) is 14.7 Å². The van der Waals surface area contributed by atoms with Crippen LogP contribution in [0.2, 0.25) is 0 Å². The summed E-state index contributed by atoms with van der Waals surface area (Å²) in [6.07, 6.45) is 0.969. The number of carbonyl (C=O) groups excluding carboxylic acids is 1. The van der Waals surface area contributed by atoms with Crippen LogP contribution in [0.5, 0.6) is 0 Å². The van der Waals surface area contributed by atoms with Gasteiger partial charge in [0.25, 0.3) is 0 Å². The van der Waals surface area contributed by atoms with E-state index in [0.29, 0.717) is 18.7 Å². The molecule has 0 bridgehead atoms. The number of amides is 1. The molecule has 142 valence electrons. The van der Waals surface area contributed by atoms with Gasteiger partial charge in [0.15, 0.2) is 0 Å². The van der Waals surface area contributed by atoms with E-state index in [4.69, 9.17) is 0 Å². The largest absolute Gasteiger partial charge is 0.477 e. The van der Waals surface area contributed by atoms with Crippen molar-refractivity contribution in [3.63, 3.8) is 0 Å². The second kappa shape index (κ2) is 9.38. The third kappa shape index (κ3) is 4.43. The first-order chi connectivity index (χ1) is 12.5. The van der Waals surface area contributed by atoms with Crippen molar-refractivity contribution in [2.24, 2.45) is 0 Å². The Balaban J connectivity index is 2.11. The first-order valence-corrected chi connectivity index (χ1v) is 9.35. The summed E-state index contributed by atoms with van der Waals surface area (Å²) in [7, 11) is 0. The van der Waals surface area contributed by atoms with E-state index in [1.807, 2.05) is 31.2 Å². The van der Waals surface area contributed by atoms with Crippen LogP contribution < -0.4 is 5.32 Å². The molecule has 6 nitrogen and oxygen atoms in total. The van der Waals surface area contributed by atoms with Crippen molar-refractivity contribution in [1.82, 2.24) is 14.8 Å². The Morgan fingerprint density at radius 2 is 1.85 bits per heavy atom. The van der Waals surface area contributed by atoms with Gasteiger partial charge < -0.3 is 19.9 Å². The minimum atomic E-state index is -0.993. The summed E-state index contributed by atoms with van der Waals surface area (Å²) in [5.41, 5.74) is 1.67. The smallest absolute Gasteiger partial charge is 0.352 e. The Bertz CT molecular complexity index is 763. The van der Waals surface area contributed by atoms with E-state index in [1.54, 1.807) is 4.57 Å². The SMILES string of the molecule is CCN(CC)CCCNC(=O)Cc1c(C(=O)O)n(CC)c2ccccc12. The van der Waals surface area contributed by atoms with E-state index < -0.39 is 5.97 Å². The van der Waals surface area contributed by atoms with Crippen molar-refractivity contribution < 1.29 is 14.7 Å². The molecule has 2 rings (SSSR count). The van der Waals surface area contributed by atoms with Gasteiger partial charge in [0.05, 0.1) is 6.42 Å². The van der Waals surface area contributed by atoms with Gasteiger partial charge in [-0.25, -0.2) is 4.79 Å². The molecule has 2 N–H and O–H groups in total. The minimum absolute atomic E-state index is 0.0837. The molecule has 0 saturated carbocycles. The minimum Gasteiger partial charge on any atom is -0.477 e. The fraction of sp³-hybridized carbons (Fsp3) is 0.500. The summed E-state index contributed by atoms with van der Waals surface area (Å²) in [6.45, 7) is 10.3. The van der Waals surface area contributed by atoms with Crippen molar-refractivity contribution in [2.75, 3.05) is 26.2 Å². The Morgan fingerprint density at radius 3 is 2.46 bits per heavy atom. The lowest BCUT2D eigenvalue weighted by Crippen LogP contribution is -2.31. The zero-order valence-corrected chi connectivity index (χ0v) is 15.9. The molecule has 0 radical (unpaired) electrons. The molecule has 0 unspecified atom stereocenters. The zero-order chi connectivity index (χ0) is 19.1. The molecule has 1 aromatic heterocycles. The van der Waals surface area contributed by atoms with Gasteiger partial charge in [0.2, 0.25) is 5.91 Å². The highest BCUT2D eigenvalue weighted by Crippen LogP contribution is 2.27. The van der Waals surface area contributed by atoms with Crippen LogP contribution >= 0.6 is 0 Å². The number of aryl methyl sites for hydroxylation is 1. The number of carboxylic acid groups (broad SMARTS) is 1. The molecular formula is C20H29N3O3. The Labute approximate surface area is 154 Å². The number of nitrogens with zero attached hydrogens (tertiary/aromatic N) is 2. The van der Waals surface area contributed by atoms with E-state index in [2.05, 4.69) is 24.1 Å². The summed E-state index contributed by atoms with van der Waals surface area (Å²) < 4.78 is 1.76. The highest BCUT2D eigenvalue weighted by atomic mass is 16.4. The number of aromatic carboxylic acids is 1. The number of carboxylic acids is 1. The maximum absolute atomic E-state index is 12.4. The quantitative estimate of drug-likeness (QED) is 0.640. The highest BCUT2D eigenvalue weighted by Gasteiger charge is 2.23. The summed E-state index contributed by atoms with van der Waals surface area (Å²) in [5.74, 6) is -1.13. The highest BCUT2D eigenvalue weighted by molar-refractivity contribution is 6.00. The molecule has 0 saturated heterocycles. The molecule has 6 heteroatoms. The van der Waals surface area contributed by atoms with Gasteiger partial charge in [-0.2, -0.15) is 0 Å². The molecule has 0 fully saturated rings. The second-order valence-corrected chi connectivity index (χ2v) is 6.30. The summed E-state index contributed by atoms with van der Waals surface area (Å²) in [4.78, 5) is 26.5. The average molecular weight is 359 g/mol. The maximum atomic E-state index is 12.4. The van der Waals surface area contributed by atoms with Gasteiger partial charge >= 0.3 is 5.97 Å². The number of fused-ring (bicyclic) bond motifs is 1. The average Bonchev–Trinajstić information content (AvgIpc) is 2.95. The molecule has 1 aromatic carbocycles. The third-order valence-electron chi connectivity index (χ3n) is 4.80. The summed E-state index contributed by atoms with van der Waals surface area (Å²) in [6, 6.07) is 7.55. The van der Waals surface area contributed by atoms with E-state index in [0.717, 1.165) is 37.0 Å². The van der Waals surface area contributed by atoms with Crippen LogP contribution in [-0.4, -0.2) is 52.6 Å². The standard InChI is InChI=1S/C20H29N3O3/c1-4-22(5-2)13-9-12-21-18(24)14-16-15-10-7-8-11-17(15)23(6-3)19(16)20(25)26/h7-8,10-11H,4-6,9,12-14H2,1-3H3,(H,21,24)(H,25,26). The van der Waals surface area contributed by atoms with Crippen molar-refractivity contribution in [2.45, 2.75) is 40.2 Å². The van der Waals surface area contributed by atoms with Crippen LogP contribution in [0, 0.1) is 0 Å². The summed E-state index contributed by atoms with van der Waals surface area (Å²) >= 11 is 0. The topological polar surface area (TPSA) is 74.6 Å². The van der Waals surface area contributed by atoms with Crippen LogP contribution in [0.4, 0.5) is 0 Å². The fourth-order valence-electron chi connectivity index (χ4n) is 3.42. The monoisotopic (exact) mass is 359 g/mol. The van der Waals surface area contributed by atoms with E-state index >= 15 is 0 Å². The van der Waals surface area contributed by atoms with Gasteiger partial charge in [0.1, 0.15) is 5.69 Å². The fourth-order valence-corrected chi connectivity index (χ4v) is 3.42. The lowest BCUT2D eigenvalue weighted by atomic mass is 10.1. The number of nitrogens with one attached hydrogen (secondary N) is 1. The predicted molar refractivity (Wildman–Crippen MR) is 104 cm³/mol. The number of hydrogen-bond donors (Lipinski definition) is 2. The molecule has 0 aliphatic rings. The molecule has 2 aromatic rings. The number of hydrogen-bond acceptors (Lipinski definition) is 3. The number of benzene rings is 1. The molecule has 0 aliphatic heterocycles. The van der Waals surface area contributed by atoms with Gasteiger partial charge in [-0.15, -0.1) is 0 Å². The maximum Gasteiger partial charge on any atom is 0.352 e. The molecule has 26 heavy (non-hydrogen) atoms. The Morgan fingerprint density at radius 1 is 1.15 bits per heavy atom. The Kier molecular flexibility index (Phi) is 7.21. The van der Waals surface area contributed by atoms with Gasteiger partial charge in [0, 0.05) is 29.6 Å². The van der Waals surface area contributed by atoms with Crippen molar-refractivity contribution >= 4 is 22.8 Å². The molecular weight excluding hydrogens is 330 g/mol. The van der Waals surface area contributed by atoms with Crippen molar-refractivity contribution in [3.05, 3.63) is 35.5 Å². The lowest BCUT2D eigenvalue weighted by Gasteiger charge is -2.17. The predicted octanol–water partition coefficient (Wildman–Crippen LogP) is 2.75.